The molecule has 1 unspecified atom stereocenters. The number of imidazole rings is 1. The number of carbonyl (C=O) groups excluding carboxylic acids is 1. The van der Waals surface area contributed by atoms with Crippen LogP contribution in [-0.4, -0.2) is 56.5 Å². The Bertz CT molecular complexity index is 651. The van der Waals surface area contributed by atoms with E-state index >= 15 is 0 Å². The molecule has 1 atom stereocenters. The van der Waals surface area contributed by atoms with Crippen molar-refractivity contribution in [3.8, 4) is 0 Å². The third kappa shape index (κ3) is 1.99. The van der Waals surface area contributed by atoms with Gasteiger partial charge in [0.15, 0.2) is 11.5 Å². The van der Waals surface area contributed by atoms with Crippen LogP contribution >= 0.6 is 0 Å². The van der Waals surface area contributed by atoms with Gasteiger partial charge in [-0.3, -0.25) is 4.79 Å². The lowest BCUT2D eigenvalue weighted by molar-refractivity contribution is -0.129. The van der Waals surface area contributed by atoms with E-state index in [9.17, 15) is 4.79 Å². The normalized spacial score (nSPS) is 18.8. The highest BCUT2D eigenvalue weighted by Crippen LogP contribution is 2.26. The fourth-order valence-corrected chi connectivity index (χ4v) is 2.71. The van der Waals surface area contributed by atoms with Crippen molar-refractivity contribution in [1.82, 2.24) is 24.4 Å². The summed E-state index contributed by atoms with van der Waals surface area (Å²) in [5.41, 5.74) is 1.65. The van der Waals surface area contributed by atoms with Gasteiger partial charge in [0.1, 0.15) is 11.8 Å². The van der Waals surface area contributed by atoms with Gasteiger partial charge in [0.2, 0.25) is 5.91 Å². The number of carbonyl (C=O) groups is 1. The molecule has 0 spiro atoms. The number of fused-ring (bicyclic) bond motifs is 1. The van der Waals surface area contributed by atoms with Gasteiger partial charge in [-0.1, -0.05) is 0 Å². The van der Waals surface area contributed by atoms with E-state index in [0.29, 0.717) is 5.65 Å². The minimum absolute atomic E-state index is 0.102. The number of likely N-dealkylation sites (N-methyl/N-ethyl adjacent to an activating group) is 1. The molecule has 1 saturated heterocycles. The monoisotopic (exact) mass is 274 g/mol. The molecule has 0 saturated carbocycles. The number of amides is 1. The number of aromatic nitrogens is 4. The molecule has 1 fully saturated rings. The maximum atomic E-state index is 11.5. The van der Waals surface area contributed by atoms with Crippen molar-refractivity contribution >= 4 is 22.9 Å². The summed E-state index contributed by atoms with van der Waals surface area (Å²) in [6.07, 6.45) is 4.25. The summed E-state index contributed by atoms with van der Waals surface area (Å²) in [5.74, 6) is 1.000. The first-order chi connectivity index (χ1) is 9.58. The van der Waals surface area contributed by atoms with Crippen molar-refractivity contribution in [2.24, 2.45) is 7.05 Å². The number of hydrogen-bond donors (Lipinski definition) is 0. The topological polar surface area (TPSA) is 67.2 Å². The fraction of sp³-hybridized carbons (Fsp3) is 0.538. The second-order valence-electron chi connectivity index (χ2n) is 5.24. The molecule has 0 bridgehead atoms. The van der Waals surface area contributed by atoms with Crippen LogP contribution in [0, 0.1) is 0 Å². The highest BCUT2D eigenvalue weighted by atomic mass is 16.2. The lowest BCUT2D eigenvalue weighted by Crippen LogP contribution is -2.37. The summed E-state index contributed by atoms with van der Waals surface area (Å²) in [4.78, 5) is 28.3. The zero-order valence-corrected chi connectivity index (χ0v) is 11.9. The van der Waals surface area contributed by atoms with Gasteiger partial charge in [-0.05, 0) is 6.42 Å². The van der Waals surface area contributed by atoms with Crippen LogP contribution in [-0.2, 0) is 11.8 Å². The van der Waals surface area contributed by atoms with E-state index in [0.717, 1.165) is 30.8 Å². The Balaban J connectivity index is 1.90. The molecule has 2 aromatic heterocycles. The van der Waals surface area contributed by atoms with Crippen molar-refractivity contribution < 1.29 is 4.79 Å². The van der Waals surface area contributed by atoms with Crippen molar-refractivity contribution in [2.75, 3.05) is 25.0 Å². The predicted octanol–water partition coefficient (Wildman–Crippen LogP) is 0.420. The highest BCUT2D eigenvalue weighted by Gasteiger charge is 2.29. The maximum Gasteiger partial charge on any atom is 0.219 e. The van der Waals surface area contributed by atoms with Crippen LogP contribution in [0.1, 0.15) is 13.3 Å². The molecule has 106 valence electrons. The second kappa shape index (κ2) is 4.73. The highest BCUT2D eigenvalue weighted by molar-refractivity contribution is 5.83. The number of rotatable bonds is 2. The minimum Gasteiger partial charge on any atom is -0.353 e. The van der Waals surface area contributed by atoms with Gasteiger partial charge in [0, 0.05) is 34.1 Å². The van der Waals surface area contributed by atoms with Gasteiger partial charge < -0.3 is 14.4 Å². The fourth-order valence-electron chi connectivity index (χ4n) is 2.71. The molecule has 1 amide bonds. The number of nitrogens with zero attached hydrogens (tertiary/aromatic N) is 6. The van der Waals surface area contributed by atoms with Crippen LogP contribution in [0.4, 0.5) is 5.82 Å². The zero-order chi connectivity index (χ0) is 14.3. The molecule has 0 N–H and O–H groups in total. The van der Waals surface area contributed by atoms with E-state index in [1.165, 1.54) is 0 Å². The Kier molecular flexibility index (Phi) is 3.04. The molecular weight excluding hydrogens is 256 g/mol. The zero-order valence-electron chi connectivity index (χ0n) is 11.9. The Labute approximate surface area is 117 Å². The van der Waals surface area contributed by atoms with Gasteiger partial charge in [0.05, 0.1) is 12.4 Å². The quantitative estimate of drug-likeness (QED) is 0.794. The molecule has 7 heteroatoms. The number of hydrogen-bond acceptors (Lipinski definition) is 5. The van der Waals surface area contributed by atoms with E-state index in [1.807, 2.05) is 23.6 Å². The first kappa shape index (κ1) is 12.8. The molecule has 1 aliphatic rings. The van der Waals surface area contributed by atoms with Crippen LogP contribution in [0.15, 0.2) is 12.7 Å². The van der Waals surface area contributed by atoms with Gasteiger partial charge in [-0.15, -0.1) is 0 Å². The lowest BCUT2D eigenvalue weighted by atomic mass is 10.2. The first-order valence-electron chi connectivity index (χ1n) is 6.68. The molecule has 7 nitrogen and oxygen atoms in total. The molecule has 2 aromatic rings. The van der Waals surface area contributed by atoms with Crippen LogP contribution < -0.4 is 4.90 Å². The largest absolute Gasteiger partial charge is 0.353 e. The summed E-state index contributed by atoms with van der Waals surface area (Å²) in [7, 11) is 3.80. The second-order valence-corrected chi connectivity index (χ2v) is 5.24. The van der Waals surface area contributed by atoms with Gasteiger partial charge >= 0.3 is 0 Å². The predicted molar refractivity (Wildman–Crippen MR) is 75.4 cm³/mol. The molecule has 0 aliphatic carbocycles. The molecule has 3 rings (SSSR count). The Morgan fingerprint density at radius 3 is 2.95 bits per heavy atom. The van der Waals surface area contributed by atoms with E-state index in [1.54, 1.807) is 19.6 Å². The van der Waals surface area contributed by atoms with Crippen LogP contribution in [0.3, 0.4) is 0 Å². The third-order valence-corrected chi connectivity index (χ3v) is 4.00. The van der Waals surface area contributed by atoms with E-state index in [-0.39, 0.29) is 11.9 Å². The van der Waals surface area contributed by atoms with Crippen LogP contribution in [0.2, 0.25) is 0 Å². The van der Waals surface area contributed by atoms with Crippen LogP contribution in [0.25, 0.3) is 11.2 Å². The standard InChI is InChI=1S/C13H18N6O/c1-9(20)18(3)10-4-5-19(6-10)13-11-12(14-7-15-13)16-8-17(11)2/h7-8,10H,4-6H2,1-3H3. The van der Waals surface area contributed by atoms with Gasteiger partial charge in [0.25, 0.3) is 0 Å². The van der Waals surface area contributed by atoms with E-state index in [2.05, 4.69) is 19.9 Å². The Hall–Kier alpha value is -2.18. The number of anilines is 1. The SMILES string of the molecule is CC(=O)N(C)C1CCN(c2ncnc3ncn(C)c23)C1. The molecule has 3 heterocycles. The average molecular weight is 274 g/mol. The van der Waals surface area contributed by atoms with Crippen molar-refractivity contribution in [2.45, 2.75) is 19.4 Å². The molecule has 20 heavy (non-hydrogen) atoms. The average Bonchev–Trinajstić information content (AvgIpc) is 3.05. The molecule has 0 aromatic carbocycles. The molecular formula is C13H18N6O. The molecule has 1 aliphatic heterocycles. The third-order valence-electron chi connectivity index (χ3n) is 4.00. The van der Waals surface area contributed by atoms with E-state index in [4.69, 9.17) is 0 Å². The van der Waals surface area contributed by atoms with Crippen molar-refractivity contribution in [1.29, 1.82) is 0 Å². The maximum absolute atomic E-state index is 11.5. The first-order valence-corrected chi connectivity index (χ1v) is 6.68. The number of aryl methyl sites for hydroxylation is 1. The van der Waals surface area contributed by atoms with Gasteiger partial charge in [-0.25, -0.2) is 15.0 Å². The Morgan fingerprint density at radius 1 is 1.40 bits per heavy atom. The molecule has 0 radical (unpaired) electrons. The Morgan fingerprint density at radius 2 is 2.20 bits per heavy atom. The van der Waals surface area contributed by atoms with Crippen molar-refractivity contribution in [3.63, 3.8) is 0 Å². The van der Waals surface area contributed by atoms with Gasteiger partial charge in [-0.2, -0.15) is 0 Å². The minimum atomic E-state index is 0.102. The summed E-state index contributed by atoms with van der Waals surface area (Å²) in [6.45, 7) is 3.29. The summed E-state index contributed by atoms with van der Waals surface area (Å²) in [6, 6.07) is 0.241. The summed E-state index contributed by atoms with van der Waals surface area (Å²) < 4.78 is 1.94. The van der Waals surface area contributed by atoms with E-state index < -0.39 is 0 Å². The van der Waals surface area contributed by atoms with Crippen molar-refractivity contribution in [3.05, 3.63) is 12.7 Å². The van der Waals surface area contributed by atoms with Crippen LogP contribution in [0.5, 0.6) is 0 Å². The summed E-state index contributed by atoms with van der Waals surface area (Å²) >= 11 is 0. The smallest absolute Gasteiger partial charge is 0.219 e. The lowest BCUT2D eigenvalue weighted by Gasteiger charge is -2.24. The summed E-state index contributed by atoms with van der Waals surface area (Å²) in [5, 5.41) is 0.